The molecule has 0 aliphatic carbocycles. The van der Waals surface area contributed by atoms with Crippen LogP contribution < -0.4 is 10.2 Å². The van der Waals surface area contributed by atoms with Crippen LogP contribution in [-0.2, 0) is 26.1 Å². The first-order valence-corrected chi connectivity index (χ1v) is 8.32. The first-order chi connectivity index (χ1) is 10.2. The Kier molecular flexibility index (Phi) is 4.21. The van der Waals surface area contributed by atoms with Gasteiger partial charge in [0.2, 0.25) is 0 Å². The first-order valence-electron chi connectivity index (χ1n) is 7.51. The summed E-state index contributed by atoms with van der Waals surface area (Å²) in [5.74, 6) is 1.02. The average Bonchev–Trinajstić information content (AvgIpc) is 3.10. The number of aryl methyl sites for hydroxylation is 1. The number of hydrogen-bond acceptors (Lipinski definition) is 6. The molecule has 0 atom stereocenters. The van der Waals surface area contributed by atoms with E-state index in [9.17, 15) is 0 Å². The topological polar surface area (TPSA) is 58.9 Å². The molecule has 3 rings (SSSR count). The van der Waals surface area contributed by atoms with Gasteiger partial charge in [-0.1, -0.05) is 20.8 Å². The predicted molar refractivity (Wildman–Crippen MR) is 84.5 cm³/mol. The maximum atomic E-state index is 4.83. The quantitative estimate of drug-likeness (QED) is 0.913. The molecule has 0 radical (unpaired) electrons. The summed E-state index contributed by atoms with van der Waals surface area (Å²) < 4.78 is 2.12. The first kappa shape index (κ1) is 14.5. The van der Waals surface area contributed by atoms with E-state index in [0.717, 1.165) is 43.6 Å². The van der Waals surface area contributed by atoms with E-state index in [1.807, 2.05) is 6.33 Å². The van der Waals surface area contributed by atoms with Gasteiger partial charge in [-0.05, 0) is 6.42 Å². The van der Waals surface area contributed by atoms with E-state index in [4.69, 9.17) is 4.98 Å². The lowest BCUT2D eigenvalue weighted by molar-refractivity contribution is 0.559. The highest BCUT2D eigenvalue weighted by Crippen LogP contribution is 2.29. The Hall–Kier alpha value is -1.47. The molecule has 1 aliphatic rings. The normalized spacial score (nSPS) is 14.8. The molecule has 1 aliphatic heterocycles. The maximum Gasteiger partial charge on any atom is 0.186 e. The number of thiazole rings is 1. The zero-order valence-electron chi connectivity index (χ0n) is 12.8. The number of anilines is 1. The fourth-order valence-corrected chi connectivity index (χ4v) is 3.57. The molecular formula is C14H22N6S. The van der Waals surface area contributed by atoms with Crippen LogP contribution in [0.25, 0.3) is 0 Å². The smallest absolute Gasteiger partial charge is 0.186 e. The molecule has 2 aromatic rings. The summed E-state index contributed by atoms with van der Waals surface area (Å²) in [6, 6.07) is 0.494. The molecule has 0 bridgehead atoms. The van der Waals surface area contributed by atoms with Gasteiger partial charge in [0.15, 0.2) is 11.0 Å². The molecule has 3 heterocycles. The van der Waals surface area contributed by atoms with Gasteiger partial charge in [0, 0.05) is 30.6 Å². The van der Waals surface area contributed by atoms with Crippen LogP contribution in [0.2, 0.25) is 0 Å². The number of nitrogens with one attached hydrogen (secondary N) is 1. The van der Waals surface area contributed by atoms with Crippen molar-refractivity contribution >= 4 is 16.5 Å². The molecule has 1 N–H and O–H groups in total. The summed E-state index contributed by atoms with van der Waals surface area (Å²) >= 11 is 1.80. The number of nitrogens with zero attached hydrogens (tertiary/aromatic N) is 5. The van der Waals surface area contributed by atoms with Crippen molar-refractivity contribution in [2.24, 2.45) is 0 Å². The molecule has 6 nitrogen and oxygen atoms in total. The third-order valence-corrected chi connectivity index (χ3v) is 4.84. The summed E-state index contributed by atoms with van der Waals surface area (Å²) in [4.78, 5) is 8.50. The zero-order valence-corrected chi connectivity index (χ0v) is 13.7. The molecule has 0 aromatic carbocycles. The Labute approximate surface area is 129 Å². The second-order valence-corrected chi connectivity index (χ2v) is 6.68. The van der Waals surface area contributed by atoms with E-state index in [2.05, 4.69) is 45.8 Å². The Morgan fingerprint density at radius 1 is 1.38 bits per heavy atom. The molecule has 0 saturated heterocycles. The Morgan fingerprint density at radius 3 is 3.00 bits per heavy atom. The van der Waals surface area contributed by atoms with Crippen LogP contribution in [0.4, 0.5) is 5.13 Å². The molecule has 0 spiro atoms. The second-order valence-electron chi connectivity index (χ2n) is 5.62. The van der Waals surface area contributed by atoms with E-state index in [-0.39, 0.29) is 0 Å². The molecule has 114 valence electrons. The van der Waals surface area contributed by atoms with Crippen LogP contribution >= 0.6 is 11.3 Å². The van der Waals surface area contributed by atoms with Crippen molar-refractivity contribution in [1.29, 1.82) is 0 Å². The summed E-state index contributed by atoms with van der Waals surface area (Å²) in [5, 5.41) is 12.8. The van der Waals surface area contributed by atoms with Crippen LogP contribution in [0.1, 0.15) is 37.2 Å². The van der Waals surface area contributed by atoms with Crippen molar-refractivity contribution in [3.63, 3.8) is 0 Å². The number of fused-ring (bicyclic) bond motifs is 1. The van der Waals surface area contributed by atoms with Crippen LogP contribution in [0.3, 0.4) is 0 Å². The third-order valence-electron chi connectivity index (χ3n) is 3.68. The minimum atomic E-state index is 0.494. The van der Waals surface area contributed by atoms with Crippen LogP contribution in [-0.4, -0.2) is 32.3 Å². The van der Waals surface area contributed by atoms with E-state index >= 15 is 0 Å². The molecule has 0 fully saturated rings. The lowest BCUT2D eigenvalue weighted by Crippen LogP contribution is -2.33. The molecule has 7 heteroatoms. The van der Waals surface area contributed by atoms with Gasteiger partial charge in [-0.15, -0.1) is 21.5 Å². The molecular weight excluding hydrogens is 284 g/mol. The van der Waals surface area contributed by atoms with Gasteiger partial charge in [-0.2, -0.15) is 0 Å². The highest BCUT2D eigenvalue weighted by Gasteiger charge is 2.21. The molecule has 0 saturated carbocycles. The molecule has 0 unspecified atom stereocenters. The van der Waals surface area contributed by atoms with Gasteiger partial charge in [-0.25, -0.2) is 4.98 Å². The van der Waals surface area contributed by atoms with E-state index in [1.54, 1.807) is 11.3 Å². The van der Waals surface area contributed by atoms with Crippen molar-refractivity contribution in [3.05, 3.63) is 22.7 Å². The maximum absolute atomic E-state index is 4.83. The van der Waals surface area contributed by atoms with Crippen molar-refractivity contribution in [1.82, 2.24) is 25.1 Å². The van der Waals surface area contributed by atoms with Crippen molar-refractivity contribution in [2.75, 3.05) is 11.4 Å². The van der Waals surface area contributed by atoms with Crippen LogP contribution in [0.15, 0.2) is 6.33 Å². The Balaban J connectivity index is 1.77. The second kappa shape index (κ2) is 6.11. The molecule has 2 aromatic heterocycles. The SMILES string of the molecule is CCc1nc(N2CCn3cnnc3C2)sc1CNC(C)C. The van der Waals surface area contributed by atoms with E-state index in [1.165, 1.54) is 10.6 Å². The number of aromatic nitrogens is 4. The van der Waals surface area contributed by atoms with Gasteiger partial charge in [-0.3, -0.25) is 0 Å². The highest BCUT2D eigenvalue weighted by molar-refractivity contribution is 7.15. The molecule has 21 heavy (non-hydrogen) atoms. The Bertz CT molecular complexity index is 602. The van der Waals surface area contributed by atoms with Gasteiger partial charge in [0.1, 0.15) is 6.33 Å². The average molecular weight is 306 g/mol. The summed E-state index contributed by atoms with van der Waals surface area (Å²) in [7, 11) is 0. The van der Waals surface area contributed by atoms with Crippen molar-refractivity contribution < 1.29 is 0 Å². The summed E-state index contributed by atoms with van der Waals surface area (Å²) in [5.41, 5.74) is 1.22. The van der Waals surface area contributed by atoms with E-state index in [0.29, 0.717) is 6.04 Å². The molecule has 0 amide bonds. The fourth-order valence-electron chi connectivity index (χ4n) is 2.45. The fraction of sp³-hybridized carbons (Fsp3) is 0.643. The summed E-state index contributed by atoms with van der Waals surface area (Å²) in [6.07, 6.45) is 2.79. The zero-order chi connectivity index (χ0) is 14.8. The van der Waals surface area contributed by atoms with Crippen molar-refractivity contribution in [3.8, 4) is 0 Å². The van der Waals surface area contributed by atoms with Crippen molar-refractivity contribution in [2.45, 2.75) is 52.9 Å². The van der Waals surface area contributed by atoms with E-state index < -0.39 is 0 Å². The van der Waals surface area contributed by atoms with Gasteiger partial charge >= 0.3 is 0 Å². The van der Waals surface area contributed by atoms with Gasteiger partial charge in [0.05, 0.1) is 12.2 Å². The summed E-state index contributed by atoms with van der Waals surface area (Å²) in [6.45, 7) is 10.1. The predicted octanol–water partition coefficient (Wildman–Crippen LogP) is 1.82. The lowest BCUT2D eigenvalue weighted by atomic mass is 10.3. The van der Waals surface area contributed by atoms with Gasteiger partial charge in [0.25, 0.3) is 0 Å². The third kappa shape index (κ3) is 3.08. The minimum absolute atomic E-state index is 0.494. The number of hydrogen-bond donors (Lipinski definition) is 1. The van der Waals surface area contributed by atoms with Crippen LogP contribution in [0.5, 0.6) is 0 Å². The lowest BCUT2D eigenvalue weighted by Gasteiger charge is -2.26. The van der Waals surface area contributed by atoms with Crippen LogP contribution in [0, 0.1) is 0 Å². The standard InChI is InChI=1S/C14H22N6S/c1-4-11-12(7-15-10(2)3)21-14(17-11)19-5-6-20-9-16-18-13(20)8-19/h9-10,15H,4-8H2,1-3H3. The largest absolute Gasteiger partial charge is 0.339 e. The Morgan fingerprint density at radius 2 is 2.24 bits per heavy atom. The highest BCUT2D eigenvalue weighted by atomic mass is 32.1. The van der Waals surface area contributed by atoms with Gasteiger partial charge < -0.3 is 14.8 Å². The number of rotatable bonds is 5. The monoisotopic (exact) mass is 306 g/mol. The minimum Gasteiger partial charge on any atom is -0.339 e.